The van der Waals surface area contributed by atoms with Crippen LogP contribution >= 0.6 is 11.6 Å². The van der Waals surface area contributed by atoms with Gasteiger partial charge >= 0.3 is 0 Å². The summed E-state index contributed by atoms with van der Waals surface area (Å²) in [6.07, 6.45) is 6.80. The largest absolute Gasteiger partial charge is 0.361 e. The zero-order chi connectivity index (χ0) is 16.2. The number of aromatic nitrogens is 3. The summed E-state index contributed by atoms with van der Waals surface area (Å²) in [5.74, 6) is 1.87. The molecule has 3 rings (SSSR count). The second-order valence-electron chi connectivity index (χ2n) is 6.40. The van der Waals surface area contributed by atoms with E-state index in [-0.39, 0.29) is 0 Å². The Morgan fingerprint density at radius 2 is 2.30 bits per heavy atom. The van der Waals surface area contributed by atoms with Gasteiger partial charge in [-0.2, -0.15) is 0 Å². The highest BCUT2D eigenvalue weighted by molar-refractivity contribution is 6.30. The Hall–Kier alpha value is -1.33. The Bertz CT molecular complexity index is 636. The van der Waals surface area contributed by atoms with Crippen LogP contribution in [-0.4, -0.2) is 26.6 Å². The van der Waals surface area contributed by atoms with Crippen LogP contribution in [0.3, 0.4) is 0 Å². The van der Waals surface area contributed by atoms with Gasteiger partial charge in [0.15, 0.2) is 5.15 Å². The molecule has 1 aliphatic rings. The molecule has 0 saturated carbocycles. The quantitative estimate of drug-likeness (QED) is 0.847. The molecule has 5 nitrogen and oxygen atoms in total. The number of hydrogen-bond acceptors (Lipinski definition) is 4. The first-order valence-corrected chi connectivity index (χ1v) is 8.95. The van der Waals surface area contributed by atoms with Crippen LogP contribution in [0.2, 0.25) is 5.15 Å². The highest BCUT2D eigenvalue weighted by Crippen LogP contribution is 2.32. The van der Waals surface area contributed by atoms with Crippen molar-refractivity contribution in [3.63, 3.8) is 0 Å². The summed E-state index contributed by atoms with van der Waals surface area (Å²) in [5, 5.41) is 4.83. The molecule has 126 valence electrons. The minimum Gasteiger partial charge on any atom is -0.361 e. The SMILES string of the molecule is CCCCc1nc(Cl)c(CN2CCCC[C@H]2c2cc(C)on2)[nH]1. The third kappa shape index (κ3) is 3.96. The summed E-state index contributed by atoms with van der Waals surface area (Å²) in [4.78, 5) is 10.3. The second kappa shape index (κ2) is 7.49. The molecule has 0 aromatic carbocycles. The molecule has 0 unspecified atom stereocenters. The van der Waals surface area contributed by atoms with E-state index in [1.54, 1.807) is 0 Å². The van der Waals surface area contributed by atoms with Gasteiger partial charge in [-0.15, -0.1) is 0 Å². The van der Waals surface area contributed by atoms with Crippen LogP contribution in [0.4, 0.5) is 0 Å². The fourth-order valence-corrected chi connectivity index (χ4v) is 3.48. The van der Waals surface area contributed by atoms with Crippen molar-refractivity contribution in [2.75, 3.05) is 6.54 Å². The smallest absolute Gasteiger partial charge is 0.151 e. The summed E-state index contributed by atoms with van der Waals surface area (Å²) in [7, 11) is 0. The molecule has 1 N–H and O–H groups in total. The zero-order valence-electron chi connectivity index (χ0n) is 13.9. The van der Waals surface area contributed by atoms with Crippen molar-refractivity contribution in [1.29, 1.82) is 0 Å². The van der Waals surface area contributed by atoms with Crippen molar-refractivity contribution in [2.24, 2.45) is 0 Å². The van der Waals surface area contributed by atoms with Crippen molar-refractivity contribution in [3.8, 4) is 0 Å². The van der Waals surface area contributed by atoms with E-state index < -0.39 is 0 Å². The highest BCUT2D eigenvalue weighted by Gasteiger charge is 2.27. The van der Waals surface area contributed by atoms with E-state index in [2.05, 4.69) is 26.9 Å². The molecule has 6 heteroatoms. The summed E-state index contributed by atoms with van der Waals surface area (Å²) in [6, 6.07) is 2.35. The number of nitrogens with one attached hydrogen (secondary N) is 1. The fourth-order valence-electron chi connectivity index (χ4n) is 3.27. The number of hydrogen-bond donors (Lipinski definition) is 1. The van der Waals surface area contributed by atoms with Crippen molar-refractivity contribution < 1.29 is 4.52 Å². The van der Waals surface area contributed by atoms with Crippen molar-refractivity contribution >= 4 is 11.6 Å². The number of nitrogens with zero attached hydrogens (tertiary/aromatic N) is 3. The van der Waals surface area contributed by atoms with E-state index in [0.717, 1.165) is 61.7 Å². The number of likely N-dealkylation sites (tertiary alicyclic amines) is 1. The normalized spacial score (nSPS) is 19.3. The van der Waals surface area contributed by atoms with Crippen molar-refractivity contribution in [3.05, 3.63) is 34.2 Å². The predicted molar refractivity (Wildman–Crippen MR) is 90.5 cm³/mol. The zero-order valence-corrected chi connectivity index (χ0v) is 14.7. The Kier molecular flexibility index (Phi) is 5.38. The van der Waals surface area contributed by atoms with Gasteiger partial charge in [0.05, 0.1) is 11.7 Å². The molecule has 1 atom stereocenters. The Morgan fingerprint density at radius 1 is 1.43 bits per heavy atom. The molecule has 0 radical (unpaired) electrons. The molecule has 1 aliphatic heterocycles. The van der Waals surface area contributed by atoms with Gasteiger partial charge in [0.1, 0.15) is 17.3 Å². The Morgan fingerprint density at radius 3 is 3.04 bits per heavy atom. The van der Waals surface area contributed by atoms with Crippen molar-refractivity contribution in [2.45, 2.75) is 65.0 Å². The molecule has 1 fully saturated rings. The average Bonchev–Trinajstić information content (AvgIpc) is 3.12. The summed E-state index contributed by atoms with van der Waals surface area (Å²) in [6.45, 7) is 5.96. The first kappa shape index (κ1) is 16.5. The fraction of sp³-hybridized carbons (Fsp3) is 0.647. The van der Waals surface area contributed by atoms with E-state index in [0.29, 0.717) is 11.2 Å². The number of halogens is 1. The van der Waals surface area contributed by atoms with Crippen LogP contribution in [0.5, 0.6) is 0 Å². The predicted octanol–water partition coefficient (Wildman–Crippen LogP) is 4.43. The van der Waals surface area contributed by atoms with Gasteiger partial charge in [0, 0.05) is 19.0 Å². The van der Waals surface area contributed by atoms with E-state index in [1.165, 1.54) is 12.8 Å². The number of aromatic amines is 1. The van der Waals surface area contributed by atoms with E-state index in [9.17, 15) is 0 Å². The van der Waals surface area contributed by atoms with Crippen LogP contribution in [0.15, 0.2) is 10.6 Å². The molecule has 23 heavy (non-hydrogen) atoms. The van der Waals surface area contributed by atoms with E-state index in [4.69, 9.17) is 16.1 Å². The Labute approximate surface area is 142 Å². The lowest BCUT2D eigenvalue weighted by molar-refractivity contribution is 0.132. The summed E-state index contributed by atoms with van der Waals surface area (Å²) >= 11 is 6.34. The monoisotopic (exact) mass is 336 g/mol. The third-order valence-electron chi connectivity index (χ3n) is 4.51. The molecular formula is C17H25ClN4O. The van der Waals surface area contributed by atoms with Gasteiger partial charge in [-0.1, -0.05) is 36.5 Å². The third-order valence-corrected chi connectivity index (χ3v) is 4.82. The van der Waals surface area contributed by atoms with Gasteiger partial charge in [-0.3, -0.25) is 4.90 Å². The first-order valence-electron chi connectivity index (χ1n) is 8.58. The molecule has 1 saturated heterocycles. The van der Waals surface area contributed by atoms with Crippen LogP contribution in [-0.2, 0) is 13.0 Å². The van der Waals surface area contributed by atoms with Crippen LogP contribution in [0.25, 0.3) is 0 Å². The minimum atomic E-state index is 0.305. The lowest BCUT2D eigenvalue weighted by atomic mass is 9.99. The number of H-pyrrole nitrogens is 1. The van der Waals surface area contributed by atoms with Gasteiger partial charge in [0.2, 0.25) is 0 Å². The van der Waals surface area contributed by atoms with Crippen LogP contribution in [0, 0.1) is 6.92 Å². The molecule has 0 bridgehead atoms. The number of imidazole rings is 1. The van der Waals surface area contributed by atoms with Gasteiger partial charge in [0.25, 0.3) is 0 Å². The molecule has 0 spiro atoms. The molecule has 0 aliphatic carbocycles. The first-order chi connectivity index (χ1) is 11.2. The highest BCUT2D eigenvalue weighted by atomic mass is 35.5. The maximum Gasteiger partial charge on any atom is 0.151 e. The van der Waals surface area contributed by atoms with E-state index >= 15 is 0 Å². The molecule has 2 aromatic heterocycles. The van der Waals surface area contributed by atoms with Crippen LogP contribution in [0.1, 0.15) is 68.0 Å². The number of unbranched alkanes of at least 4 members (excludes halogenated alkanes) is 1. The van der Waals surface area contributed by atoms with E-state index in [1.807, 2.05) is 13.0 Å². The van der Waals surface area contributed by atoms with Crippen molar-refractivity contribution in [1.82, 2.24) is 20.0 Å². The topological polar surface area (TPSA) is 58.0 Å². The van der Waals surface area contributed by atoms with Crippen LogP contribution < -0.4 is 0 Å². The number of rotatable bonds is 6. The summed E-state index contributed by atoms with van der Waals surface area (Å²) in [5.41, 5.74) is 2.05. The molecule has 0 amide bonds. The molecular weight excluding hydrogens is 312 g/mol. The number of aryl methyl sites for hydroxylation is 2. The van der Waals surface area contributed by atoms with Gasteiger partial charge in [-0.25, -0.2) is 4.98 Å². The Balaban J connectivity index is 1.73. The summed E-state index contributed by atoms with van der Waals surface area (Å²) < 4.78 is 5.27. The molecule has 2 aromatic rings. The second-order valence-corrected chi connectivity index (χ2v) is 6.76. The lowest BCUT2D eigenvalue weighted by Gasteiger charge is -2.34. The lowest BCUT2D eigenvalue weighted by Crippen LogP contribution is -2.33. The van der Waals surface area contributed by atoms with Gasteiger partial charge < -0.3 is 9.51 Å². The minimum absolute atomic E-state index is 0.305. The molecule has 3 heterocycles. The maximum absolute atomic E-state index is 6.34. The number of piperidine rings is 1. The standard InChI is InChI=1S/C17H25ClN4O/c1-3-4-8-16-19-14(17(18)20-16)11-22-9-6-5-7-15(22)13-10-12(2)23-21-13/h10,15H,3-9,11H2,1-2H3,(H,19,20)/t15-/m0/s1. The average molecular weight is 337 g/mol. The van der Waals surface area contributed by atoms with Gasteiger partial charge in [-0.05, 0) is 32.7 Å². The maximum atomic E-state index is 6.34.